The molecule has 148 valence electrons. The monoisotopic (exact) mass is 398 g/mol. The van der Waals surface area contributed by atoms with E-state index in [2.05, 4.69) is 10.3 Å². The smallest absolute Gasteiger partial charge is 0.255 e. The molecule has 3 aromatic carbocycles. The molecule has 4 aromatic rings. The lowest BCUT2D eigenvalue weighted by atomic mass is 10.0. The van der Waals surface area contributed by atoms with Gasteiger partial charge in [-0.15, -0.1) is 0 Å². The maximum atomic E-state index is 13.3. The summed E-state index contributed by atoms with van der Waals surface area (Å²) in [5.74, 6) is -0.440. The van der Waals surface area contributed by atoms with Gasteiger partial charge in [-0.2, -0.15) is 0 Å². The number of ether oxygens (including phenoxy) is 1. The number of amides is 1. The zero-order valence-electron chi connectivity index (χ0n) is 16.0. The van der Waals surface area contributed by atoms with Crippen molar-refractivity contribution in [3.63, 3.8) is 0 Å². The molecular formula is C25H19FN2O2. The highest BCUT2D eigenvalue weighted by atomic mass is 19.1. The molecule has 0 saturated carbocycles. The zero-order chi connectivity index (χ0) is 20.8. The second-order valence-corrected chi connectivity index (χ2v) is 6.67. The molecule has 0 saturated heterocycles. The van der Waals surface area contributed by atoms with Gasteiger partial charge in [0.25, 0.3) is 5.91 Å². The minimum absolute atomic E-state index is 0.239. The first-order chi connectivity index (χ1) is 14.7. The number of anilines is 1. The van der Waals surface area contributed by atoms with Crippen LogP contribution in [-0.4, -0.2) is 10.9 Å². The molecule has 0 spiro atoms. The van der Waals surface area contributed by atoms with Crippen molar-refractivity contribution in [1.82, 2.24) is 4.98 Å². The number of carbonyl (C=O) groups excluding carboxylic acids is 1. The lowest BCUT2D eigenvalue weighted by molar-refractivity contribution is 0.102. The number of hydrogen-bond donors (Lipinski definition) is 1. The molecule has 1 N–H and O–H groups in total. The largest absolute Gasteiger partial charge is 0.465 e. The molecule has 0 aliphatic rings. The third-order valence-corrected chi connectivity index (χ3v) is 4.52. The van der Waals surface area contributed by atoms with Crippen molar-refractivity contribution in [1.29, 1.82) is 0 Å². The van der Waals surface area contributed by atoms with E-state index >= 15 is 0 Å². The van der Waals surface area contributed by atoms with Crippen LogP contribution in [-0.2, 0) is 0 Å². The van der Waals surface area contributed by atoms with Gasteiger partial charge in [0.05, 0.1) is 11.9 Å². The first-order valence-corrected chi connectivity index (χ1v) is 9.48. The molecule has 0 aliphatic heterocycles. The Hall–Kier alpha value is -3.99. The highest BCUT2D eigenvalue weighted by molar-refractivity contribution is 6.04. The van der Waals surface area contributed by atoms with Gasteiger partial charge in [-0.05, 0) is 35.4 Å². The molecule has 30 heavy (non-hydrogen) atoms. The summed E-state index contributed by atoms with van der Waals surface area (Å²) in [6.45, 7) is 0. The van der Waals surface area contributed by atoms with Crippen molar-refractivity contribution in [2.75, 3.05) is 5.32 Å². The molecule has 0 aliphatic carbocycles. The van der Waals surface area contributed by atoms with Crippen LogP contribution in [0.4, 0.5) is 10.1 Å². The lowest BCUT2D eigenvalue weighted by Crippen LogP contribution is -2.13. The molecule has 0 unspecified atom stereocenters. The Bertz CT molecular complexity index is 1080. The summed E-state index contributed by atoms with van der Waals surface area (Å²) in [7, 11) is 0. The predicted octanol–water partition coefficient (Wildman–Crippen LogP) is 5.64. The quantitative estimate of drug-likeness (QED) is 0.457. The number of rotatable bonds is 6. The Kier molecular flexibility index (Phi) is 5.80. The Morgan fingerprint density at radius 1 is 0.833 bits per heavy atom. The summed E-state index contributed by atoms with van der Waals surface area (Å²) < 4.78 is 19.5. The van der Waals surface area contributed by atoms with Crippen LogP contribution in [0.5, 0.6) is 5.88 Å². The van der Waals surface area contributed by atoms with Gasteiger partial charge in [0.1, 0.15) is 5.82 Å². The number of hydrogen-bond acceptors (Lipinski definition) is 3. The summed E-state index contributed by atoms with van der Waals surface area (Å²) in [6.07, 6.45) is 1.20. The Morgan fingerprint density at radius 3 is 2.07 bits per heavy atom. The maximum Gasteiger partial charge on any atom is 0.255 e. The molecule has 4 nitrogen and oxygen atoms in total. The van der Waals surface area contributed by atoms with Gasteiger partial charge in [0.2, 0.25) is 5.88 Å². The average Bonchev–Trinajstić information content (AvgIpc) is 2.80. The van der Waals surface area contributed by atoms with E-state index < -0.39 is 11.7 Å². The van der Waals surface area contributed by atoms with Crippen LogP contribution in [0.25, 0.3) is 0 Å². The van der Waals surface area contributed by atoms with Crippen molar-refractivity contribution in [3.05, 3.63) is 126 Å². The van der Waals surface area contributed by atoms with Crippen molar-refractivity contribution >= 4 is 11.6 Å². The summed E-state index contributed by atoms with van der Waals surface area (Å²) in [6, 6.07) is 28.7. The number of benzene rings is 3. The zero-order valence-corrected chi connectivity index (χ0v) is 16.0. The van der Waals surface area contributed by atoms with Crippen LogP contribution in [0.15, 0.2) is 103 Å². The van der Waals surface area contributed by atoms with Gasteiger partial charge in [-0.1, -0.05) is 66.7 Å². The molecule has 5 heteroatoms. The molecular weight excluding hydrogens is 379 g/mol. The van der Waals surface area contributed by atoms with Gasteiger partial charge >= 0.3 is 0 Å². The molecule has 1 aromatic heterocycles. The van der Waals surface area contributed by atoms with E-state index in [-0.39, 0.29) is 11.7 Å². The van der Waals surface area contributed by atoms with Gasteiger partial charge in [-0.25, -0.2) is 9.37 Å². The summed E-state index contributed by atoms with van der Waals surface area (Å²) in [5.41, 5.74) is 2.75. The molecule has 4 rings (SSSR count). The predicted molar refractivity (Wildman–Crippen MR) is 114 cm³/mol. The van der Waals surface area contributed by atoms with Gasteiger partial charge in [-0.3, -0.25) is 4.79 Å². The minimum Gasteiger partial charge on any atom is -0.465 e. The van der Waals surface area contributed by atoms with E-state index in [0.717, 1.165) is 11.1 Å². The standard InChI is InChI=1S/C25H19FN2O2/c26-21-13-7-12-20(16-21)25(29)28-22-14-15-23(27-17-22)30-24(18-8-3-1-4-9-18)19-10-5-2-6-11-19/h1-17,24H,(H,28,29). The number of nitrogens with one attached hydrogen (secondary N) is 1. The molecule has 0 atom stereocenters. The fourth-order valence-electron chi connectivity index (χ4n) is 3.06. The van der Waals surface area contributed by atoms with Crippen LogP contribution < -0.4 is 10.1 Å². The third kappa shape index (κ3) is 4.70. The van der Waals surface area contributed by atoms with Crippen LogP contribution in [0, 0.1) is 5.82 Å². The number of aromatic nitrogens is 1. The van der Waals surface area contributed by atoms with E-state index in [9.17, 15) is 9.18 Å². The van der Waals surface area contributed by atoms with Crippen LogP contribution >= 0.6 is 0 Å². The number of halogens is 1. The van der Waals surface area contributed by atoms with Crippen LogP contribution in [0.1, 0.15) is 27.6 Å². The Balaban J connectivity index is 1.50. The third-order valence-electron chi connectivity index (χ3n) is 4.52. The van der Waals surface area contributed by atoms with Gasteiger partial charge in [0, 0.05) is 11.6 Å². The first kappa shape index (κ1) is 19.3. The topological polar surface area (TPSA) is 51.2 Å². The maximum absolute atomic E-state index is 13.3. The molecule has 1 heterocycles. The average molecular weight is 398 g/mol. The molecule has 0 radical (unpaired) electrons. The summed E-state index contributed by atoms with van der Waals surface area (Å²) >= 11 is 0. The van der Waals surface area contributed by atoms with Crippen molar-refractivity contribution in [2.45, 2.75) is 6.10 Å². The molecule has 0 bridgehead atoms. The normalized spacial score (nSPS) is 10.6. The highest BCUT2D eigenvalue weighted by Crippen LogP contribution is 2.27. The minimum atomic E-state index is -0.461. The second-order valence-electron chi connectivity index (χ2n) is 6.67. The van der Waals surface area contributed by atoms with Gasteiger partial charge < -0.3 is 10.1 Å². The van der Waals surface area contributed by atoms with Crippen LogP contribution in [0.2, 0.25) is 0 Å². The lowest BCUT2D eigenvalue weighted by Gasteiger charge is -2.19. The van der Waals surface area contributed by atoms with Crippen molar-refractivity contribution < 1.29 is 13.9 Å². The van der Waals surface area contributed by atoms with E-state index in [1.165, 1.54) is 24.4 Å². The highest BCUT2D eigenvalue weighted by Gasteiger charge is 2.16. The van der Waals surface area contributed by atoms with E-state index in [0.29, 0.717) is 11.6 Å². The second kappa shape index (κ2) is 9.01. The molecule has 0 fully saturated rings. The van der Waals surface area contributed by atoms with Gasteiger partial charge in [0.15, 0.2) is 6.10 Å². The number of pyridine rings is 1. The number of carbonyl (C=O) groups is 1. The molecule has 1 amide bonds. The van der Waals surface area contributed by atoms with Crippen molar-refractivity contribution in [3.8, 4) is 5.88 Å². The van der Waals surface area contributed by atoms with E-state index in [1.807, 2.05) is 60.7 Å². The fourth-order valence-corrected chi connectivity index (χ4v) is 3.06. The number of nitrogens with zero attached hydrogens (tertiary/aromatic N) is 1. The summed E-state index contributed by atoms with van der Waals surface area (Å²) in [4.78, 5) is 16.6. The SMILES string of the molecule is O=C(Nc1ccc(OC(c2ccccc2)c2ccccc2)nc1)c1cccc(F)c1. The first-order valence-electron chi connectivity index (χ1n) is 9.48. The fraction of sp³-hybridized carbons (Fsp3) is 0.0400. The van der Waals surface area contributed by atoms with Crippen LogP contribution in [0.3, 0.4) is 0 Å². The van der Waals surface area contributed by atoms with Crippen molar-refractivity contribution in [2.24, 2.45) is 0 Å². The van der Waals surface area contributed by atoms with E-state index in [1.54, 1.807) is 18.2 Å². The summed E-state index contributed by atoms with van der Waals surface area (Å²) in [5, 5.41) is 2.71. The Morgan fingerprint density at radius 2 is 1.50 bits per heavy atom. The Labute approximate surface area is 174 Å². The van der Waals surface area contributed by atoms with E-state index in [4.69, 9.17) is 4.74 Å².